The van der Waals surface area contributed by atoms with Crippen molar-refractivity contribution in [2.45, 2.75) is 55.9 Å². The molecule has 43 heavy (non-hydrogen) atoms. The van der Waals surface area contributed by atoms with Crippen molar-refractivity contribution >= 4 is 55.0 Å². The maximum absolute atomic E-state index is 16.7. The topological polar surface area (TPSA) is 92.4 Å². The Morgan fingerprint density at radius 3 is 2.63 bits per heavy atom. The van der Waals surface area contributed by atoms with Gasteiger partial charge < -0.3 is 20.7 Å². The molecule has 4 saturated heterocycles. The second-order valence-electron chi connectivity index (χ2n) is 12.1. The molecule has 2 unspecified atom stereocenters. The SMILES string of the molecule is Nc1nc2c(-c3c(Cl)cc4c(N5CC6CCC(C5)N6)nc(OC[C@@]56CCCN5C[C@H](F)C6)nc4c3F)c(F)cc(F)c2s1. The minimum atomic E-state index is -1.03. The number of aromatic nitrogens is 3. The number of nitrogens with two attached hydrogens (primary N) is 1. The average Bonchev–Trinajstić information content (AvgIpc) is 3.71. The van der Waals surface area contributed by atoms with Gasteiger partial charge in [-0.3, -0.25) is 4.90 Å². The molecule has 0 amide bonds. The number of nitrogens with zero attached hydrogens (tertiary/aromatic N) is 5. The van der Waals surface area contributed by atoms with E-state index in [1.165, 1.54) is 6.07 Å². The van der Waals surface area contributed by atoms with Crippen molar-refractivity contribution in [2.24, 2.45) is 0 Å². The Morgan fingerprint density at radius 2 is 1.84 bits per heavy atom. The molecule has 8 nitrogen and oxygen atoms in total. The van der Waals surface area contributed by atoms with Crippen molar-refractivity contribution in [3.8, 4) is 17.1 Å². The Kier molecular flexibility index (Phi) is 6.41. The Hall–Kier alpha value is -3.00. The van der Waals surface area contributed by atoms with Crippen molar-refractivity contribution in [1.82, 2.24) is 25.2 Å². The molecule has 0 saturated carbocycles. The number of nitrogens with one attached hydrogen (secondary N) is 1. The molecular formula is C29H28ClF4N7OS. The number of nitrogen functional groups attached to an aromatic ring is 1. The molecule has 4 fully saturated rings. The van der Waals surface area contributed by atoms with E-state index in [0.29, 0.717) is 43.3 Å². The molecule has 0 radical (unpaired) electrons. The molecule has 2 aromatic carbocycles. The summed E-state index contributed by atoms with van der Waals surface area (Å²) in [5, 5.41) is 3.84. The molecule has 4 atom stereocenters. The first-order chi connectivity index (χ1) is 20.7. The zero-order valence-corrected chi connectivity index (χ0v) is 24.5. The number of fused-ring (bicyclic) bond motifs is 5. The summed E-state index contributed by atoms with van der Waals surface area (Å²) in [7, 11) is 0. The molecule has 4 aromatic rings. The van der Waals surface area contributed by atoms with Crippen molar-refractivity contribution in [3.05, 3.63) is 34.6 Å². The first-order valence-corrected chi connectivity index (χ1v) is 15.7. The van der Waals surface area contributed by atoms with Gasteiger partial charge in [-0.25, -0.2) is 22.5 Å². The third-order valence-corrected chi connectivity index (χ3v) is 10.6. The van der Waals surface area contributed by atoms with Gasteiger partial charge in [-0.1, -0.05) is 22.9 Å². The number of hydrogen-bond donors (Lipinski definition) is 2. The molecule has 0 aliphatic carbocycles. The van der Waals surface area contributed by atoms with Gasteiger partial charge in [0.15, 0.2) is 10.9 Å². The summed E-state index contributed by atoms with van der Waals surface area (Å²) >= 11 is 7.53. The third kappa shape index (κ3) is 4.41. The highest BCUT2D eigenvalue weighted by Crippen LogP contribution is 2.45. The highest BCUT2D eigenvalue weighted by molar-refractivity contribution is 7.22. The van der Waals surface area contributed by atoms with Crippen LogP contribution in [0.4, 0.5) is 28.5 Å². The fraction of sp³-hybridized carbons (Fsp3) is 0.483. The van der Waals surface area contributed by atoms with Crippen LogP contribution in [-0.4, -0.2) is 76.4 Å². The number of benzene rings is 2. The van der Waals surface area contributed by atoms with E-state index in [2.05, 4.69) is 25.1 Å². The second-order valence-corrected chi connectivity index (χ2v) is 13.6. The van der Waals surface area contributed by atoms with Gasteiger partial charge in [0.2, 0.25) is 0 Å². The number of hydrogen-bond acceptors (Lipinski definition) is 9. The first-order valence-electron chi connectivity index (χ1n) is 14.5. The first kappa shape index (κ1) is 27.5. The second kappa shape index (κ2) is 10.0. The molecule has 0 spiro atoms. The standard InChI is InChI=1S/C29H28ClF4N7OS/c30-17-6-16-23(22(34)20(17)21-18(32)7-19(33)25-24(21)37-27(35)43-25)38-28(39-26(16)40-10-14-2-3-15(11-40)36-14)42-12-29-4-1-5-41(29)9-13(31)8-29/h6-7,13-15,36H,1-5,8-12H2,(H2,35,37)/t13-,14?,15?,29+/m1/s1. The summed E-state index contributed by atoms with van der Waals surface area (Å²) in [5.74, 6) is -2.32. The highest BCUT2D eigenvalue weighted by atomic mass is 35.5. The number of ether oxygens (including phenoxy) is 1. The summed E-state index contributed by atoms with van der Waals surface area (Å²) in [6.45, 7) is 2.63. The molecule has 4 aliphatic rings. The molecule has 8 rings (SSSR count). The summed E-state index contributed by atoms with van der Waals surface area (Å²) in [4.78, 5) is 17.5. The minimum Gasteiger partial charge on any atom is -0.461 e. The van der Waals surface area contributed by atoms with E-state index in [0.717, 1.165) is 43.6 Å². The number of rotatable bonds is 5. The zero-order chi connectivity index (χ0) is 29.6. The lowest BCUT2D eigenvalue weighted by atomic mass is 9.95. The summed E-state index contributed by atoms with van der Waals surface area (Å²) in [6.07, 6.45) is 3.20. The van der Waals surface area contributed by atoms with E-state index in [4.69, 9.17) is 27.1 Å². The van der Waals surface area contributed by atoms with Crippen molar-refractivity contribution in [1.29, 1.82) is 0 Å². The van der Waals surface area contributed by atoms with Gasteiger partial charge >= 0.3 is 6.01 Å². The molecular weight excluding hydrogens is 606 g/mol. The highest BCUT2D eigenvalue weighted by Gasteiger charge is 2.49. The van der Waals surface area contributed by atoms with Crippen LogP contribution < -0.4 is 20.7 Å². The van der Waals surface area contributed by atoms with Crippen LogP contribution in [-0.2, 0) is 0 Å². The Balaban J connectivity index is 1.28. The molecule has 2 aromatic heterocycles. The predicted molar refractivity (Wildman–Crippen MR) is 158 cm³/mol. The van der Waals surface area contributed by atoms with Crippen LogP contribution in [0.5, 0.6) is 6.01 Å². The van der Waals surface area contributed by atoms with Crippen LogP contribution in [0, 0.1) is 17.5 Å². The van der Waals surface area contributed by atoms with Gasteiger partial charge in [0.1, 0.15) is 35.7 Å². The molecule has 6 heterocycles. The van der Waals surface area contributed by atoms with Gasteiger partial charge in [0.25, 0.3) is 0 Å². The maximum atomic E-state index is 16.7. The number of halogens is 5. The Bertz CT molecular complexity index is 1780. The molecule has 4 aliphatic heterocycles. The van der Waals surface area contributed by atoms with Crippen molar-refractivity contribution in [2.75, 3.05) is 43.4 Å². The summed E-state index contributed by atoms with van der Waals surface area (Å²) in [6, 6.07) is 2.67. The average molecular weight is 634 g/mol. The predicted octanol–water partition coefficient (Wildman–Crippen LogP) is 5.46. The van der Waals surface area contributed by atoms with Gasteiger partial charge in [-0.2, -0.15) is 9.97 Å². The minimum absolute atomic E-state index is 0.00346. The van der Waals surface area contributed by atoms with Crippen molar-refractivity contribution in [3.63, 3.8) is 0 Å². The smallest absolute Gasteiger partial charge is 0.319 e. The van der Waals surface area contributed by atoms with E-state index in [9.17, 15) is 8.78 Å². The molecule has 226 valence electrons. The van der Waals surface area contributed by atoms with Crippen molar-refractivity contribution < 1.29 is 22.3 Å². The molecule has 3 N–H and O–H groups in total. The zero-order valence-electron chi connectivity index (χ0n) is 23.0. The van der Waals surface area contributed by atoms with E-state index in [1.807, 2.05) is 0 Å². The fourth-order valence-electron chi connectivity index (χ4n) is 7.58. The number of piperazine rings is 1. The Labute approximate surface area is 253 Å². The summed E-state index contributed by atoms with van der Waals surface area (Å²) < 4.78 is 67.2. The van der Waals surface area contributed by atoms with E-state index >= 15 is 8.78 Å². The third-order valence-electron chi connectivity index (χ3n) is 9.43. The van der Waals surface area contributed by atoms with E-state index < -0.39 is 29.2 Å². The van der Waals surface area contributed by atoms with Crippen LogP contribution in [0.3, 0.4) is 0 Å². The fourth-order valence-corrected chi connectivity index (χ4v) is 8.61. The van der Waals surface area contributed by atoms with Gasteiger partial charge in [-0.05, 0) is 38.3 Å². The lowest BCUT2D eigenvalue weighted by Crippen LogP contribution is -2.51. The Morgan fingerprint density at radius 1 is 1.05 bits per heavy atom. The largest absolute Gasteiger partial charge is 0.461 e. The molecule has 2 bridgehead atoms. The number of anilines is 2. The molecule has 14 heteroatoms. The lowest BCUT2D eigenvalue weighted by molar-refractivity contribution is 0.107. The van der Waals surface area contributed by atoms with Crippen LogP contribution in [0.15, 0.2) is 12.1 Å². The quantitative estimate of drug-likeness (QED) is 0.280. The number of thiazole rings is 1. The monoisotopic (exact) mass is 633 g/mol. The normalized spacial score (nSPS) is 27.1. The van der Waals surface area contributed by atoms with Gasteiger partial charge in [-0.15, -0.1) is 0 Å². The van der Waals surface area contributed by atoms with E-state index in [1.54, 1.807) is 0 Å². The van der Waals surface area contributed by atoms with Crippen LogP contribution in [0.25, 0.3) is 32.2 Å². The van der Waals surface area contributed by atoms with Gasteiger partial charge in [0, 0.05) is 60.7 Å². The van der Waals surface area contributed by atoms with Gasteiger partial charge in [0.05, 0.1) is 20.8 Å². The van der Waals surface area contributed by atoms with Crippen LogP contribution in [0.1, 0.15) is 32.1 Å². The van der Waals surface area contributed by atoms with E-state index in [-0.39, 0.29) is 61.7 Å². The summed E-state index contributed by atoms with van der Waals surface area (Å²) in [5.41, 5.74) is 4.54. The number of alkyl halides is 1. The van der Waals surface area contributed by atoms with Crippen LogP contribution >= 0.6 is 22.9 Å². The lowest BCUT2D eigenvalue weighted by Gasteiger charge is -2.34. The van der Waals surface area contributed by atoms with Crippen LogP contribution in [0.2, 0.25) is 5.02 Å². The maximum Gasteiger partial charge on any atom is 0.319 e.